The minimum absolute atomic E-state index is 1.09. The lowest BCUT2D eigenvalue weighted by molar-refractivity contribution is 1.17. The van der Waals surface area contributed by atoms with E-state index in [4.69, 9.17) is 0 Å². The fourth-order valence-corrected chi connectivity index (χ4v) is 1.55. The third-order valence-corrected chi connectivity index (χ3v) is 2.31. The number of pyridine rings is 1. The van der Waals surface area contributed by atoms with E-state index in [1.807, 2.05) is 19.2 Å². The van der Waals surface area contributed by atoms with Crippen LogP contribution >= 0.6 is 0 Å². The van der Waals surface area contributed by atoms with E-state index in [0.717, 1.165) is 5.69 Å². The van der Waals surface area contributed by atoms with Crippen molar-refractivity contribution in [1.29, 1.82) is 0 Å². The lowest BCUT2D eigenvalue weighted by Gasteiger charge is -2.05. The van der Waals surface area contributed by atoms with Crippen molar-refractivity contribution < 1.29 is 0 Å². The first-order chi connectivity index (χ1) is 6.77. The molecule has 0 fully saturated rings. The summed E-state index contributed by atoms with van der Waals surface area (Å²) in [7, 11) is 0. The number of hydrogen-bond donors (Lipinski definition) is 0. The second kappa shape index (κ2) is 3.62. The topological polar surface area (TPSA) is 12.9 Å². The summed E-state index contributed by atoms with van der Waals surface area (Å²) in [5.41, 5.74) is 4.75. The molecule has 2 aromatic rings. The van der Waals surface area contributed by atoms with Crippen LogP contribution in [0.2, 0.25) is 0 Å². The number of aryl methyl sites for hydroxylation is 2. The highest BCUT2D eigenvalue weighted by atomic mass is 14.7. The Morgan fingerprint density at radius 2 is 1.71 bits per heavy atom. The molecule has 0 unspecified atom stereocenters. The molecule has 0 N–H and O–H groups in total. The molecule has 1 heterocycles. The molecule has 1 aromatic heterocycles. The molecule has 1 nitrogen and oxygen atoms in total. The van der Waals surface area contributed by atoms with Gasteiger partial charge in [-0.15, -0.1) is 0 Å². The number of rotatable bonds is 1. The Morgan fingerprint density at radius 1 is 1.00 bits per heavy atom. The standard InChI is InChI=1S/C13H13N/c1-10-8-13(11(2)14-9-10)12-6-4-3-5-7-12/h3-9H,1-2H3. The highest BCUT2D eigenvalue weighted by molar-refractivity contribution is 5.65. The molecule has 0 aliphatic heterocycles. The van der Waals surface area contributed by atoms with Crippen molar-refractivity contribution in [2.45, 2.75) is 13.8 Å². The first kappa shape index (κ1) is 8.95. The molecule has 0 aliphatic rings. The summed E-state index contributed by atoms with van der Waals surface area (Å²) in [5.74, 6) is 0. The van der Waals surface area contributed by atoms with Gasteiger partial charge in [0.25, 0.3) is 0 Å². The monoisotopic (exact) mass is 183 g/mol. The average Bonchev–Trinajstić information content (AvgIpc) is 2.23. The molecular weight excluding hydrogens is 170 g/mol. The molecule has 0 radical (unpaired) electrons. The summed E-state index contributed by atoms with van der Waals surface area (Å²) >= 11 is 0. The highest BCUT2D eigenvalue weighted by Gasteiger charge is 2.01. The van der Waals surface area contributed by atoms with E-state index in [1.165, 1.54) is 16.7 Å². The van der Waals surface area contributed by atoms with Crippen LogP contribution in [0.1, 0.15) is 11.3 Å². The zero-order chi connectivity index (χ0) is 9.97. The van der Waals surface area contributed by atoms with E-state index in [-0.39, 0.29) is 0 Å². The Hall–Kier alpha value is -1.63. The van der Waals surface area contributed by atoms with Gasteiger partial charge in [-0.05, 0) is 31.0 Å². The average molecular weight is 183 g/mol. The molecule has 0 amide bonds. The second-order valence-electron chi connectivity index (χ2n) is 3.51. The van der Waals surface area contributed by atoms with Crippen molar-refractivity contribution in [3.05, 3.63) is 53.9 Å². The molecule has 0 atom stereocenters. The summed E-state index contributed by atoms with van der Waals surface area (Å²) in [4.78, 5) is 4.36. The largest absolute Gasteiger partial charge is 0.261 e. The van der Waals surface area contributed by atoms with Crippen LogP contribution in [0.5, 0.6) is 0 Å². The van der Waals surface area contributed by atoms with Crippen molar-refractivity contribution in [1.82, 2.24) is 4.98 Å². The van der Waals surface area contributed by atoms with Crippen molar-refractivity contribution in [3.63, 3.8) is 0 Å². The molecule has 0 saturated heterocycles. The lowest BCUT2D eigenvalue weighted by atomic mass is 10.0. The Labute approximate surface area is 84.4 Å². The number of aromatic nitrogens is 1. The van der Waals surface area contributed by atoms with Gasteiger partial charge in [0.05, 0.1) is 0 Å². The normalized spacial score (nSPS) is 10.1. The van der Waals surface area contributed by atoms with Crippen LogP contribution < -0.4 is 0 Å². The predicted molar refractivity (Wildman–Crippen MR) is 59.1 cm³/mol. The van der Waals surface area contributed by atoms with Crippen LogP contribution in [0.3, 0.4) is 0 Å². The van der Waals surface area contributed by atoms with Gasteiger partial charge in [0.2, 0.25) is 0 Å². The van der Waals surface area contributed by atoms with E-state index in [2.05, 4.69) is 42.2 Å². The summed E-state index contributed by atoms with van der Waals surface area (Å²) < 4.78 is 0. The summed E-state index contributed by atoms with van der Waals surface area (Å²) in [6.45, 7) is 4.11. The molecule has 2 rings (SSSR count). The van der Waals surface area contributed by atoms with Gasteiger partial charge in [0, 0.05) is 17.5 Å². The van der Waals surface area contributed by atoms with Crippen LogP contribution in [0.4, 0.5) is 0 Å². The summed E-state index contributed by atoms with van der Waals surface area (Å²) in [5, 5.41) is 0. The number of nitrogens with zero attached hydrogens (tertiary/aromatic N) is 1. The molecule has 0 aliphatic carbocycles. The van der Waals surface area contributed by atoms with Gasteiger partial charge >= 0.3 is 0 Å². The van der Waals surface area contributed by atoms with Crippen LogP contribution in [-0.2, 0) is 0 Å². The predicted octanol–water partition coefficient (Wildman–Crippen LogP) is 3.37. The van der Waals surface area contributed by atoms with Gasteiger partial charge < -0.3 is 0 Å². The smallest absolute Gasteiger partial charge is 0.0451 e. The molecule has 0 saturated carbocycles. The van der Waals surface area contributed by atoms with E-state index >= 15 is 0 Å². The number of hydrogen-bond acceptors (Lipinski definition) is 1. The van der Waals surface area contributed by atoms with Gasteiger partial charge in [-0.25, -0.2) is 0 Å². The van der Waals surface area contributed by atoms with E-state index in [0.29, 0.717) is 0 Å². The van der Waals surface area contributed by atoms with Crippen LogP contribution in [0, 0.1) is 13.8 Å². The summed E-state index contributed by atoms with van der Waals surface area (Å²) in [6.07, 6.45) is 1.90. The van der Waals surface area contributed by atoms with Crippen LogP contribution in [-0.4, -0.2) is 4.98 Å². The SMILES string of the molecule is Cc1cnc(C)c(-c2ccccc2)c1. The molecule has 14 heavy (non-hydrogen) atoms. The Morgan fingerprint density at radius 3 is 2.43 bits per heavy atom. The highest BCUT2D eigenvalue weighted by Crippen LogP contribution is 2.22. The molecule has 70 valence electrons. The van der Waals surface area contributed by atoms with Gasteiger partial charge in [0.15, 0.2) is 0 Å². The maximum absolute atomic E-state index is 4.36. The quantitative estimate of drug-likeness (QED) is 0.660. The van der Waals surface area contributed by atoms with Gasteiger partial charge in [-0.1, -0.05) is 30.3 Å². The Bertz CT molecular complexity index is 432. The molecule has 0 bridgehead atoms. The fourth-order valence-electron chi connectivity index (χ4n) is 1.55. The third kappa shape index (κ3) is 1.67. The maximum Gasteiger partial charge on any atom is 0.0451 e. The van der Waals surface area contributed by atoms with Crippen molar-refractivity contribution in [2.24, 2.45) is 0 Å². The molecular formula is C13H13N. The van der Waals surface area contributed by atoms with Crippen molar-refractivity contribution in [3.8, 4) is 11.1 Å². The zero-order valence-electron chi connectivity index (χ0n) is 8.49. The summed E-state index contributed by atoms with van der Waals surface area (Å²) in [6, 6.07) is 12.5. The molecule has 1 heteroatoms. The Kier molecular flexibility index (Phi) is 2.32. The first-order valence-corrected chi connectivity index (χ1v) is 4.76. The fraction of sp³-hybridized carbons (Fsp3) is 0.154. The van der Waals surface area contributed by atoms with E-state index < -0.39 is 0 Å². The van der Waals surface area contributed by atoms with Crippen molar-refractivity contribution in [2.75, 3.05) is 0 Å². The minimum atomic E-state index is 1.09. The second-order valence-corrected chi connectivity index (χ2v) is 3.51. The van der Waals surface area contributed by atoms with Gasteiger partial charge in [-0.2, -0.15) is 0 Å². The van der Waals surface area contributed by atoms with Gasteiger partial charge in [-0.3, -0.25) is 4.98 Å². The maximum atomic E-state index is 4.36. The lowest BCUT2D eigenvalue weighted by Crippen LogP contribution is -1.88. The first-order valence-electron chi connectivity index (χ1n) is 4.76. The van der Waals surface area contributed by atoms with E-state index in [9.17, 15) is 0 Å². The van der Waals surface area contributed by atoms with Crippen LogP contribution in [0.25, 0.3) is 11.1 Å². The zero-order valence-corrected chi connectivity index (χ0v) is 8.49. The third-order valence-electron chi connectivity index (χ3n) is 2.31. The number of benzene rings is 1. The molecule has 0 spiro atoms. The van der Waals surface area contributed by atoms with Crippen molar-refractivity contribution >= 4 is 0 Å². The molecule has 1 aromatic carbocycles. The van der Waals surface area contributed by atoms with Crippen LogP contribution in [0.15, 0.2) is 42.6 Å². The van der Waals surface area contributed by atoms with E-state index in [1.54, 1.807) is 0 Å². The minimum Gasteiger partial charge on any atom is -0.261 e. The van der Waals surface area contributed by atoms with Gasteiger partial charge in [0.1, 0.15) is 0 Å². The Balaban J connectivity index is 2.57.